The van der Waals surface area contributed by atoms with Gasteiger partial charge in [-0.1, -0.05) is 6.92 Å². The van der Waals surface area contributed by atoms with Crippen molar-refractivity contribution in [1.82, 2.24) is 10.3 Å². The van der Waals surface area contributed by atoms with Crippen LogP contribution in [0.4, 0.5) is 0 Å². The molecule has 0 aliphatic rings. The Morgan fingerprint density at radius 3 is 2.62 bits per heavy atom. The van der Waals surface area contributed by atoms with Crippen LogP contribution in [0.5, 0.6) is 0 Å². The number of aryl methyl sites for hydroxylation is 1. The minimum atomic E-state index is 0.175. The quantitative estimate of drug-likeness (QED) is 0.873. The first-order chi connectivity index (χ1) is 7.42. The maximum atomic E-state index is 4.61. The fourth-order valence-corrected chi connectivity index (χ4v) is 2.98. The van der Waals surface area contributed by atoms with Gasteiger partial charge in [-0.05, 0) is 33.4 Å². The van der Waals surface area contributed by atoms with Crippen LogP contribution in [0.3, 0.4) is 0 Å². The normalized spacial score (nSPS) is 12.1. The Hall–Kier alpha value is -0.0600. The van der Waals surface area contributed by atoms with Gasteiger partial charge >= 0.3 is 0 Å². The first-order valence-electron chi connectivity index (χ1n) is 5.70. The van der Waals surface area contributed by atoms with Crippen molar-refractivity contribution in [2.75, 3.05) is 5.75 Å². The van der Waals surface area contributed by atoms with Gasteiger partial charge in [0.2, 0.25) is 0 Å². The van der Waals surface area contributed by atoms with Crippen molar-refractivity contribution in [2.24, 2.45) is 0 Å². The average molecular weight is 258 g/mol. The van der Waals surface area contributed by atoms with E-state index in [1.165, 1.54) is 15.6 Å². The van der Waals surface area contributed by atoms with E-state index in [2.05, 4.69) is 44.9 Å². The minimum absolute atomic E-state index is 0.175. The van der Waals surface area contributed by atoms with E-state index in [9.17, 15) is 0 Å². The third-order valence-corrected chi connectivity index (χ3v) is 4.37. The van der Waals surface area contributed by atoms with Crippen LogP contribution in [0, 0.1) is 6.92 Å². The number of hydrogen-bond acceptors (Lipinski definition) is 4. The molecule has 0 aliphatic carbocycles. The molecular weight excluding hydrogens is 236 g/mol. The molecule has 2 nitrogen and oxygen atoms in total. The topological polar surface area (TPSA) is 24.9 Å². The molecule has 92 valence electrons. The highest BCUT2D eigenvalue weighted by Crippen LogP contribution is 2.22. The highest BCUT2D eigenvalue weighted by molar-refractivity contribution is 7.98. The predicted octanol–water partition coefficient (Wildman–Crippen LogP) is 3.59. The van der Waals surface area contributed by atoms with Crippen molar-refractivity contribution in [3.8, 4) is 0 Å². The van der Waals surface area contributed by atoms with Crippen molar-refractivity contribution in [3.05, 3.63) is 15.6 Å². The second-order valence-electron chi connectivity index (χ2n) is 4.86. The number of rotatable bonds is 5. The highest BCUT2D eigenvalue weighted by Gasteiger charge is 2.12. The van der Waals surface area contributed by atoms with Crippen LogP contribution in [0.1, 0.15) is 43.3 Å². The molecular formula is C12H22N2S2. The number of nitrogens with one attached hydrogen (secondary N) is 1. The van der Waals surface area contributed by atoms with Gasteiger partial charge in [0.1, 0.15) is 5.01 Å². The summed E-state index contributed by atoms with van der Waals surface area (Å²) in [7, 11) is 0. The number of thioether (sulfide) groups is 1. The third kappa shape index (κ3) is 4.85. The zero-order valence-electron chi connectivity index (χ0n) is 10.9. The van der Waals surface area contributed by atoms with Gasteiger partial charge in [-0.3, -0.25) is 0 Å². The van der Waals surface area contributed by atoms with Crippen LogP contribution >= 0.6 is 23.1 Å². The van der Waals surface area contributed by atoms with Gasteiger partial charge in [-0.2, -0.15) is 11.8 Å². The smallest absolute Gasteiger partial charge is 0.103 e. The number of thiazole rings is 1. The fourth-order valence-electron chi connectivity index (χ4n) is 1.25. The molecule has 1 aromatic heterocycles. The predicted molar refractivity (Wildman–Crippen MR) is 75.3 cm³/mol. The van der Waals surface area contributed by atoms with Gasteiger partial charge in [0, 0.05) is 22.7 Å². The largest absolute Gasteiger partial charge is 0.307 e. The summed E-state index contributed by atoms with van der Waals surface area (Å²) in [5.74, 6) is 2.21. The summed E-state index contributed by atoms with van der Waals surface area (Å²) in [6.07, 6.45) is 0. The molecule has 0 saturated heterocycles. The highest BCUT2D eigenvalue weighted by atomic mass is 32.2. The van der Waals surface area contributed by atoms with Crippen LogP contribution in [0.2, 0.25) is 0 Å². The number of aromatic nitrogens is 1. The molecule has 1 heterocycles. The molecule has 1 N–H and O–H groups in total. The standard InChI is InChI=1S/C12H22N2S2/c1-6-15-8-11-14-9(2)10(16-11)7-13-12(3,4)5/h13H,6-8H2,1-5H3. The van der Waals surface area contributed by atoms with Gasteiger partial charge < -0.3 is 5.32 Å². The summed E-state index contributed by atoms with van der Waals surface area (Å²) in [4.78, 5) is 5.98. The van der Waals surface area contributed by atoms with E-state index in [1.807, 2.05) is 23.1 Å². The summed E-state index contributed by atoms with van der Waals surface area (Å²) in [6.45, 7) is 11.8. The second kappa shape index (κ2) is 6.03. The number of hydrogen-bond donors (Lipinski definition) is 1. The lowest BCUT2D eigenvalue weighted by molar-refractivity contribution is 0.425. The second-order valence-corrected chi connectivity index (χ2v) is 7.30. The maximum absolute atomic E-state index is 4.61. The molecule has 0 aromatic carbocycles. The van der Waals surface area contributed by atoms with E-state index < -0.39 is 0 Å². The van der Waals surface area contributed by atoms with Crippen molar-refractivity contribution < 1.29 is 0 Å². The van der Waals surface area contributed by atoms with E-state index in [-0.39, 0.29) is 5.54 Å². The Morgan fingerprint density at radius 2 is 2.06 bits per heavy atom. The lowest BCUT2D eigenvalue weighted by Crippen LogP contribution is -2.34. The molecule has 0 radical (unpaired) electrons. The zero-order chi connectivity index (χ0) is 12.2. The Kier molecular flexibility index (Phi) is 5.28. The Balaban J connectivity index is 2.56. The molecule has 16 heavy (non-hydrogen) atoms. The van der Waals surface area contributed by atoms with Gasteiger partial charge in [-0.15, -0.1) is 11.3 Å². The molecule has 0 unspecified atom stereocenters. The molecule has 1 aromatic rings. The fraction of sp³-hybridized carbons (Fsp3) is 0.750. The van der Waals surface area contributed by atoms with Crippen molar-refractivity contribution in [3.63, 3.8) is 0 Å². The van der Waals surface area contributed by atoms with Crippen molar-refractivity contribution >= 4 is 23.1 Å². The lowest BCUT2D eigenvalue weighted by atomic mass is 10.1. The van der Waals surface area contributed by atoms with Crippen LogP contribution < -0.4 is 5.32 Å². The molecule has 4 heteroatoms. The van der Waals surface area contributed by atoms with E-state index >= 15 is 0 Å². The van der Waals surface area contributed by atoms with E-state index in [0.717, 1.165) is 18.1 Å². The molecule has 0 amide bonds. The van der Waals surface area contributed by atoms with Crippen LogP contribution in [0.15, 0.2) is 0 Å². The summed E-state index contributed by atoms with van der Waals surface area (Å²) in [5.41, 5.74) is 1.36. The first kappa shape index (κ1) is 14.0. The molecule has 0 aliphatic heterocycles. The lowest BCUT2D eigenvalue weighted by Gasteiger charge is -2.19. The van der Waals surface area contributed by atoms with Gasteiger partial charge in [0.05, 0.1) is 5.69 Å². The monoisotopic (exact) mass is 258 g/mol. The van der Waals surface area contributed by atoms with Crippen molar-refractivity contribution in [2.45, 2.75) is 52.5 Å². The summed E-state index contributed by atoms with van der Waals surface area (Å²) in [6, 6.07) is 0. The molecule has 0 bridgehead atoms. The van der Waals surface area contributed by atoms with E-state index in [1.54, 1.807) is 0 Å². The van der Waals surface area contributed by atoms with Gasteiger partial charge in [0.15, 0.2) is 0 Å². The molecule has 0 spiro atoms. The maximum Gasteiger partial charge on any atom is 0.103 e. The summed E-state index contributed by atoms with van der Waals surface area (Å²) < 4.78 is 0. The third-order valence-electron chi connectivity index (χ3n) is 2.15. The Bertz CT molecular complexity index is 326. The Morgan fingerprint density at radius 1 is 1.38 bits per heavy atom. The van der Waals surface area contributed by atoms with Crippen LogP contribution in [-0.2, 0) is 12.3 Å². The average Bonchev–Trinajstić information content (AvgIpc) is 2.52. The van der Waals surface area contributed by atoms with E-state index in [4.69, 9.17) is 0 Å². The SMILES string of the molecule is CCSCc1nc(C)c(CNC(C)(C)C)s1. The summed E-state index contributed by atoms with van der Waals surface area (Å²) in [5, 5.41) is 4.77. The molecule has 1 rings (SSSR count). The zero-order valence-corrected chi connectivity index (χ0v) is 12.5. The van der Waals surface area contributed by atoms with Gasteiger partial charge in [-0.25, -0.2) is 4.98 Å². The van der Waals surface area contributed by atoms with Crippen molar-refractivity contribution in [1.29, 1.82) is 0 Å². The number of nitrogens with zero attached hydrogens (tertiary/aromatic N) is 1. The molecule has 0 atom stereocenters. The molecule has 0 saturated carbocycles. The van der Waals surface area contributed by atoms with Crippen LogP contribution in [-0.4, -0.2) is 16.3 Å². The van der Waals surface area contributed by atoms with Gasteiger partial charge in [0.25, 0.3) is 0 Å². The first-order valence-corrected chi connectivity index (χ1v) is 7.67. The molecule has 0 fully saturated rings. The van der Waals surface area contributed by atoms with E-state index in [0.29, 0.717) is 0 Å². The van der Waals surface area contributed by atoms with Crippen LogP contribution in [0.25, 0.3) is 0 Å². The summed E-state index contributed by atoms with van der Waals surface area (Å²) >= 11 is 3.78. The minimum Gasteiger partial charge on any atom is -0.307 e. The Labute approximate surface area is 107 Å².